The number of nitrogens with zero attached hydrogens (tertiary/aromatic N) is 2. The fourth-order valence-electron chi connectivity index (χ4n) is 2.90. The van der Waals surface area contributed by atoms with E-state index in [9.17, 15) is 5.11 Å². The Balaban J connectivity index is 1.82. The summed E-state index contributed by atoms with van der Waals surface area (Å²) in [6.07, 6.45) is -0.217. The molecule has 1 heterocycles. The zero-order valence-corrected chi connectivity index (χ0v) is 14.4. The molecule has 0 aromatic heterocycles. The Morgan fingerprint density at radius 2 is 1.82 bits per heavy atom. The fourth-order valence-corrected chi connectivity index (χ4v) is 2.90. The number of ether oxygens (including phenoxy) is 1. The van der Waals surface area contributed by atoms with Crippen LogP contribution in [0, 0.1) is 13.8 Å². The van der Waals surface area contributed by atoms with Gasteiger partial charge in [0.05, 0.1) is 18.8 Å². The molecule has 1 atom stereocenters. The summed E-state index contributed by atoms with van der Waals surface area (Å²) in [6.45, 7) is 13.5. The Morgan fingerprint density at radius 1 is 1.14 bits per heavy atom. The summed E-state index contributed by atoms with van der Waals surface area (Å²) in [6, 6.07) is 6.51. The second-order valence-electron chi connectivity index (χ2n) is 6.54. The highest BCUT2D eigenvalue weighted by atomic mass is 16.5. The van der Waals surface area contributed by atoms with Crippen molar-refractivity contribution in [2.45, 2.75) is 39.9 Å². The molecule has 0 aliphatic carbocycles. The van der Waals surface area contributed by atoms with Gasteiger partial charge in [-0.2, -0.15) is 0 Å². The zero-order valence-electron chi connectivity index (χ0n) is 14.4. The minimum absolute atomic E-state index is 0.177. The van der Waals surface area contributed by atoms with E-state index in [0.717, 1.165) is 26.2 Å². The Hall–Kier alpha value is -1.10. The molecule has 1 aliphatic heterocycles. The lowest BCUT2D eigenvalue weighted by Gasteiger charge is -2.37. The van der Waals surface area contributed by atoms with Crippen molar-refractivity contribution in [3.05, 3.63) is 29.3 Å². The van der Waals surface area contributed by atoms with Crippen LogP contribution < -0.4 is 4.90 Å². The lowest BCUT2D eigenvalue weighted by molar-refractivity contribution is -0.00899. The van der Waals surface area contributed by atoms with Gasteiger partial charge in [-0.05, 0) is 44.9 Å². The highest BCUT2D eigenvalue weighted by Crippen LogP contribution is 2.23. The molecule has 0 bridgehead atoms. The van der Waals surface area contributed by atoms with Gasteiger partial charge in [0.2, 0.25) is 0 Å². The van der Waals surface area contributed by atoms with Crippen LogP contribution in [0.1, 0.15) is 25.0 Å². The van der Waals surface area contributed by atoms with Gasteiger partial charge in [-0.1, -0.05) is 12.1 Å². The monoisotopic (exact) mass is 306 g/mol. The molecule has 1 aromatic carbocycles. The first kappa shape index (κ1) is 17.3. The molecule has 4 heteroatoms. The topological polar surface area (TPSA) is 35.9 Å². The first-order chi connectivity index (χ1) is 10.5. The molecule has 1 aliphatic rings. The molecule has 0 saturated carbocycles. The molecule has 1 unspecified atom stereocenters. The highest BCUT2D eigenvalue weighted by Gasteiger charge is 2.20. The minimum atomic E-state index is -0.394. The summed E-state index contributed by atoms with van der Waals surface area (Å²) in [4.78, 5) is 4.78. The van der Waals surface area contributed by atoms with Crippen LogP contribution in [0.25, 0.3) is 0 Å². The van der Waals surface area contributed by atoms with Crippen LogP contribution in [0.2, 0.25) is 0 Å². The Bertz CT molecular complexity index is 468. The average molecular weight is 306 g/mol. The molecule has 1 N–H and O–H groups in total. The van der Waals surface area contributed by atoms with Gasteiger partial charge < -0.3 is 14.7 Å². The van der Waals surface area contributed by atoms with Gasteiger partial charge in [-0.25, -0.2) is 0 Å². The van der Waals surface area contributed by atoms with Gasteiger partial charge in [-0.3, -0.25) is 4.90 Å². The van der Waals surface area contributed by atoms with E-state index in [4.69, 9.17) is 4.74 Å². The largest absolute Gasteiger partial charge is 0.389 e. The lowest BCUT2D eigenvalue weighted by Crippen LogP contribution is -2.49. The van der Waals surface area contributed by atoms with Crippen molar-refractivity contribution in [2.24, 2.45) is 0 Å². The quantitative estimate of drug-likeness (QED) is 0.874. The third-order valence-electron chi connectivity index (χ3n) is 4.38. The Kier molecular flexibility index (Phi) is 6.24. The molecule has 1 aromatic rings. The second-order valence-corrected chi connectivity index (χ2v) is 6.54. The predicted molar refractivity (Wildman–Crippen MR) is 91.7 cm³/mol. The highest BCUT2D eigenvalue weighted by molar-refractivity contribution is 5.56. The van der Waals surface area contributed by atoms with Gasteiger partial charge in [0.15, 0.2) is 0 Å². The molecule has 1 fully saturated rings. The molecular formula is C18H30N2O2. The van der Waals surface area contributed by atoms with Crippen LogP contribution in [-0.4, -0.2) is 61.5 Å². The van der Waals surface area contributed by atoms with Crippen LogP contribution in [0.5, 0.6) is 0 Å². The van der Waals surface area contributed by atoms with E-state index in [2.05, 4.69) is 41.8 Å². The summed E-state index contributed by atoms with van der Waals surface area (Å²) in [5.74, 6) is 0. The lowest BCUT2D eigenvalue weighted by atomic mass is 10.1. The Morgan fingerprint density at radius 3 is 2.45 bits per heavy atom. The molecule has 2 rings (SSSR count). The van der Waals surface area contributed by atoms with Crippen LogP contribution in [0.4, 0.5) is 5.69 Å². The fraction of sp³-hybridized carbons (Fsp3) is 0.667. The normalized spacial score (nSPS) is 18.0. The number of aliphatic hydroxyl groups is 1. The summed E-state index contributed by atoms with van der Waals surface area (Å²) in [5, 5.41) is 10.0. The Labute approximate surface area is 134 Å². The molecular weight excluding hydrogens is 276 g/mol. The molecule has 0 amide bonds. The maximum Gasteiger partial charge on any atom is 0.0900 e. The van der Waals surface area contributed by atoms with E-state index in [0.29, 0.717) is 13.2 Å². The second kappa shape index (κ2) is 7.95. The summed E-state index contributed by atoms with van der Waals surface area (Å²) < 4.78 is 5.48. The van der Waals surface area contributed by atoms with Crippen molar-refractivity contribution >= 4 is 5.69 Å². The van der Waals surface area contributed by atoms with Gasteiger partial charge >= 0.3 is 0 Å². The van der Waals surface area contributed by atoms with Crippen molar-refractivity contribution in [2.75, 3.05) is 44.2 Å². The number of hydrogen-bond acceptors (Lipinski definition) is 4. The number of rotatable bonds is 6. The number of benzene rings is 1. The van der Waals surface area contributed by atoms with E-state index < -0.39 is 6.10 Å². The van der Waals surface area contributed by atoms with E-state index in [1.54, 1.807) is 0 Å². The van der Waals surface area contributed by atoms with Gasteiger partial charge in [-0.15, -0.1) is 0 Å². The van der Waals surface area contributed by atoms with E-state index >= 15 is 0 Å². The van der Waals surface area contributed by atoms with E-state index in [-0.39, 0.29) is 6.10 Å². The molecule has 0 radical (unpaired) electrons. The summed E-state index contributed by atoms with van der Waals surface area (Å²) in [7, 11) is 0. The van der Waals surface area contributed by atoms with Crippen LogP contribution in [-0.2, 0) is 4.74 Å². The number of hydrogen-bond donors (Lipinski definition) is 1. The first-order valence-electron chi connectivity index (χ1n) is 8.30. The smallest absolute Gasteiger partial charge is 0.0900 e. The number of piperazine rings is 1. The van der Waals surface area contributed by atoms with Crippen molar-refractivity contribution in [3.8, 4) is 0 Å². The SMILES string of the molecule is Cc1cccc(N2CCN(CC(O)COC(C)C)CC2)c1C. The van der Waals surface area contributed by atoms with E-state index in [1.807, 2.05) is 13.8 Å². The third-order valence-corrected chi connectivity index (χ3v) is 4.38. The average Bonchev–Trinajstić information content (AvgIpc) is 2.49. The molecule has 1 saturated heterocycles. The van der Waals surface area contributed by atoms with Gasteiger partial charge in [0.1, 0.15) is 0 Å². The van der Waals surface area contributed by atoms with Crippen LogP contribution in [0.15, 0.2) is 18.2 Å². The van der Waals surface area contributed by atoms with Crippen molar-refractivity contribution in [1.82, 2.24) is 4.90 Å². The predicted octanol–water partition coefficient (Wildman–Crippen LogP) is 2.21. The molecule has 22 heavy (non-hydrogen) atoms. The maximum atomic E-state index is 10.0. The molecule has 0 spiro atoms. The van der Waals surface area contributed by atoms with Crippen LogP contribution >= 0.6 is 0 Å². The maximum absolute atomic E-state index is 10.0. The molecule has 4 nitrogen and oxygen atoms in total. The first-order valence-corrected chi connectivity index (χ1v) is 8.30. The standard InChI is InChI=1S/C18H30N2O2/c1-14(2)22-13-17(21)12-19-8-10-20(11-9-19)18-7-5-6-15(3)16(18)4/h5-7,14,17,21H,8-13H2,1-4H3. The van der Waals surface area contributed by atoms with Crippen molar-refractivity contribution < 1.29 is 9.84 Å². The minimum Gasteiger partial charge on any atom is -0.389 e. The molecule has 124 valence electrons. The number of anilines is 1. The number of aliphatic hydroxyl groups excluding tert-OH is 1. The number of aryl methyl sites for hydroxylation is 1. The third kappa shape index (κ3) is 4.70. The zero-order chi connectivity index (χ0) is 16.1. The van der Waals surface area contributed by atoms with Crippen molar-refractivity contribution in [3.63, 3.8) is 0 Å². The summed E-state index contributed by atoms with van der Waals surface area (Å²) >= 11 is 0. The van der Waals surface area contributed by atoms with E-state index in [1.165, 1.54) is 16.8 Å². The van der Waals surface area contributed by atoms with Crippen LogP contribution in [0.3, 0.4) is 0 Å². The van der Waals surface area contributed by atoms with Gasteiger partial charge in [0, 0.05) is 38.4 Å². The van der Waals surface area contributed by atoms with Crippen molar-refractivity contribution in [1.29, 1.82) is 0 Å². The summed E-state index contributed by atoms with van der Waals surface area (Å²) in [5.41, 5.74) is 4.07. The number of β-amino-alcohol motifs (C(OH)–C–C–N with tert-alkyl or cyclic N) is 1. The van der Waals surface area contributed by atoms with Gasteiger partial charge in [0.25, 0.3) is 0 Å².